The number of fused-ring (bicyclic) bond motifs is 1. The van der Waals surface area contributed by atoms with Gasteiger partial charge in [0, 0.05) is 19.6 Å². The third-order valence-corrected chi connectivity index (χ3v) is 7.43. The third kappa shape index (κ3) is 6.19. The third-order valence-electron chi connectivity index (χ3n) is 7.43. The molecule has 0 spiro atoms. The standard InChI is InChI=1S/C31H33N3O5/c35-29-27-25(30(36)37)14-9-15-26(27)34(31(38)32-29)19-8-7-18-33-20-16-24(17-21-33)39-28(22-10-3-1-4-11-22)23-12-5-2-6-13-23/h1-6,9-15,24,28H,7-8,16-21H2,(H,36,37)(H,32,35,38). The summed E-state index contributed by atoms with van der Waals surface area (Å²) in [4.78, 5) is 41.1. The van der Waals surface area contributed by atoms with Crippen LogP contribution in [0.2, 0.25) is 0 Å². The molecule has 1 saturated heterocycles. The molecule has 0 amide bonds. The quantitative estimate of drug-likeness (QED) is 0.296. The highest BCUT2D eigenvalue weighted by Gasteiger charge is 2.24. The van der Waals surface area contributed by atoms with Crippen LogP contribution in [0.4, 0.5) is 0 Å². The predicted molar refractivity (Wildman–Crippen MR) is 150 cm³/mol. The number of aromatic nitrogens is 2. The van der Waals surface area contributed by atoms with Gasteiger partial charge < -0.3 is 14.7 Å². The second kappa shape index (κ2) is 12.2. The minimum Gasteiger partial charge on any atom is -0.478 e. The number of ether oxygens (including phenoxy) is 1. The van der Waals surface area contributed by atoms with Crippen molar-refractivity contribution in [3.8, 4) is 0 Å². The summed E-state index contributed by atoms with van der Waals surface area (Å²) in [5.41, 5.74) is 1.39. The van der Waals surface area contributed by atoms with Crippen molar-refractivity contribution in [2.24, 2.45) is 0 Å². The summed E-state index contributed by atoms with van der Waals surface area (Å²) in [5, 5.41) is 9.49. The molecule has 8 heteroatoms. The molecule has 1 aliphatic heterocycles. The number of carbonyl (C=O) groups is 1. The first-order valence-corrected chi connectivity index (χ1v) is 13.5. The molecule has 1 fully saturated rings. The zero-order valence-electron chi connectivity index (χ0n) is 21.8. The molecule has 0 aliphatic carbocycles. The van der Waals surface area contributed by atoms with Crippen molar-refractivity contribution < 1.29 is 14.6 Å². The normalized spacial score (nSPS) is 14.7. The largest absolute Gasteiger partial charge is 0.478 e. The number of piperidine rings is 1. The molecule has 2 N–H and O–H groups in total. The van der Waals surface area contributed by atoms with Gasteiger partial charge in [0.05, 0.1) is 22.6 Å². The molecule has 5 rings (SSSR count). The maximum absolute atomic E-state index is 12.5. The first kappa shape index (κ1) is 26.6. The SMILES string of the molecule is O=C(O)c1cccc2c1c(=O)[nH]c(=O)n2CCCCN1CCC(OC(c2ccccc2)c2ccccc2)CC1. The van der Waals surface area contributed by atoms with Crippen LogP contribution in [0.1, 0.15) is 53.3 Å². The van der Waals surface area contributed by atoms with Gasteiger partial charge in [-0.2, -0.15) is 0 Å². The Morgan fingerprint density at radius 3 is 2.10 bits per heavy atom. The van der Waals surface area contributed by atoms with Crippen LogP contribution in [-0.4, -0.2) is 51.3 Å². The Bertz CT molecular complexity index is 1480. The Kier molecular flexibility index (Phi) is 8.34. The monoisotopic (exact) mass is 527 g/mol. The van der Waals surface area contributed by atoms with E-state index in [1.807, 2.05) is 36.4 Å². The lowest BCUT2D eigenvalue weighted by molar-refractivity contribution is -0.0271. The van der Waals surface area contributed by atoms with Gasteiger partial charge in [0.25, 0.3) is 5.56 Å². The maximum Gasteiger partial charge on any atom is 0.336 e. The van der Waals surface area contributed by atoms with Crippen LogP contribution in [0.5, 0.6) is 0 Å². The number of aromatic carboxylic acids is 1. The van der Waals surface area contributed by atoms with Gasteiger partial charge in [-0.05, 0) is 55.5 Å². The number of benzene rings is 3. The van der Waals surface area contributed by atoms with E-state index in [0.717, 1.165) is 56.4 Å². The number of rotatable bonds is 10. The summed E-state index contributed by atoms with van der Waals surface area (Å²) in [6, 6.07) is 25.3. The Hall–Kier alpha value is -4.01. The molecule has 1 aromatic heterocycles. The van der Waals surface area contributed by atoms with Gasteiger partial charge in [-0.3, -0.25) is 14.3 Å². The van der Waals surface area contributed by atoms with Crippen molar-refractivity contribution in [1.29, 1.82) is 0 Å². The van der Waals surface area contributed by atoms with E-state index in [0.29, 0.717) is 12.1 Å². The number of H-pyrrole nitrogens is 1. The van der Waals surface area contributed by atoms with Gasteiger partial charge in [0.2, 0.25) is 0 Å². The maximum atomic E-state index is 12.5. The Morgan fingerprint density at radius 2 is 1.49 bits per heavy atom. The lowest BCUT2D eigenvalue weighted by Crippen LogP contribution is -2.38. The van der Waals surface area contributed by atoms with Crippen molar-refractivity contribution in [2.75, 3.05) is 19.6 Å². The summed E-state index contributed by atoms with van der Waals surface area (Å²) in [6.45, 7) is 3.21. The predicted octanol–water partition coefficient (Wildman–Crippen LogP) is 4.44. The fourth-order valence-corrected chi connectivity index (χ4v) is 5.41. The number of aryl methyl sites for hydroxylation is 1. The first-order valence-electron chi connectivity index (χ1n) is 13.5. The molecule has 202 valence electrons. The minimum absolute atomic E-state index is 0.0379. The van der Waals surface area contributed by atoms with Crippen LogP contribution in [0, 0.1) is 0 Å². The number of nitrogens with one attached hydrogen (secondary N) is 1. The molecule has 0 radical (unpaired) electrons. The lowest BCUT2D eigenvalue weighted by atomic mass is 10.00. The van der Waals surface area contributed by atoms with Gasteiger partial charge >= 0.3 is 11.7 Å². The van der Waals surface area contributed by atoms with E-state index in [9.17, 15) is 19.5 Å². The summed E-state index contributed by atoms with van der Waals surface area (Å²) in [6.07, 6.45) is 3.63. The van der Waals surface area contributed by atoms with Crippen LogP contribution in [-0.2, 0) is 11.3 Å². The topological polar surface area (TPSA) is 105 Å². The highest BCUT2D eigenvalue weighted by Crippen LogP contribution is 2.30. The molecule has 39 heavy (non-hydrogen) atoms. The van der Waals surface area contributed by atoms with Crippen LogP contribution >= 0.6 is 0 Å². The van der Waals surface area contributed by atoms with E-state index in [4.69, 9.17) is 4.74 Å². The number of carboxylic acid groups (broad SMARTS) is 1. The van der Waals surface area contributed by atoms with Crippen LogP contribution in [0.3, 0.4) is 0 Å². The van der Waals surface area contributed by atoms with Crippen LogP contribution in [0.15, 0.2) is 88.5 Å². The van der Waals surface area contributed by atoms with Crippen molar-refractivity contribution in [3.63, 3.8) is 0 Å². The van der Waals surface area contributed by atoms with Crippen LogP contribution < -0.4 is 11.2 Å². The number of likely N-dealkylation sites (tertiary alicyclic amines) is 1. The van der Waals surface area contributed by atoms with Gasteiger partial charge in [-0.25, -0.2) is 9.59 Å². The number of nitrogens with zero attached hydrogens (tertiary/aromatic N) is 2. The molecule has 0 atom stereocenters. The number of hydrogen-bond donors (Lipinski definition) is 2. The van der Waals surface area contributed by atoms with Gasteiger partial charge in [-0.15, -0.1) is 0 Å². The van der Waals surface area contributed by atoms with E-state index in [-0.39, 0.29) is 23.2 Å². The zero-order valence-corrected chi connectivity index (χ0v) is 21.8. The Balaban J connectivity index is 1.15. The molecule has 1 aliphatic rings. The molecule has 3 aromatic carbocycles. The molecule has 0 bridgehead atoms. The average molecular weight is 528 g/mol. The highest BCUT2D eigenvalue weighted by atomic mass is 16.5. The minimum atomic E-state index is -1.19. The lowest BCUT2D eigenvalue weighted by Gasteiger charge is -2.34. The summed E-state index contributed by atoms with van der Waals surface area (Å²) >= 11 is 0. The number of unbranched alkanes of at least 4 members (excludes halogenated alkanes) is 1. The van der Waals surface area contributed by atoms with Crippen molar-refractivity contribution in [1.82, 2.24) is 14.5 Å². The second-order valence-corrected chi connectivity index (χ2v) is 10.0. The molecule has 2 heterocycles. The summed E-state index contributed by atoms with van der Waals surface area (Å²) in [5.74, 6) is -1.19. The Morgan fingerprint density at radius 1 is 0.872 bits per heavy atom. The first-order chi connectivity index (χ1) is 19.0. The summed E-state index contributed by atoms with van der Waals surface area (Å²) < 4.78 is 8.12. The van der Waals surface area contributed by atoms with E-state index in [1.165, 1.54) is 10.6 Å². The molecule has 8 nitrogen and oxygen atoms in total. The molecule has 0 unspecified atom stereocenters. The molecule has 0 saturated carbocycles. The van der Waals surface area contributed by atoms with Gasteiger partial charge in [0.15, 0.2) is 0 Å². The average Bonchev–Trinajstić information content (AvgIpc) is 2.96. The number of aromatic amines is 1. The number of hydrogen-bond acceptors (Lipinski definition) is 5. The van der Waals surface area contributed by atoms with Crippen molar-refractivity contribution in [2.45, 2.75) is 44.4 Å². The van der Waals surface area contributed by atoms with E-state index in [2.05, 4.69) is 34.1 Å². The fourth-order valence-electron chi connectivity index (χ4n) is 5.41. The number of carboxylic acids is 1. The van der Waals surface area contributed by atoms with E-state index >= 15 is 0 Å². The van der Waals surface area contributed by atoms with Gasteiger partial charge in [-0.1, -0.05) is 66.7 Å². The highest BCUT2D eigenvalue weighted by molar-refractivity contribution is 6.02. The van der Waals surface area contributed by atoms with E-state index < -0.39 is 17.2 Å². The summed E-state index contributed by atoms with van der Waals surface area (Å²) in [7, 11) is 0. The van der Waals surface area contributed by atoms with Crippen molar-refractivity contribution >= 4 is 16.9 Å². The van der Waals surface area contributed by atoms with Crippen LogP contribution in [0.25, 0.3) is 10.9 Å². The fraction of sp³-hybridized carbons (Fsp3) is 0.323. The zero-order chi connectivity index (χ0) is 27.2. The molecular formula is C31H33N3O5. The second-order valence-electron chi connectivity index (χ2n) is 10.0. The van der Waals surface area contributed by atoms with Crippen molar-refractivity contribution in [3.05, 3.63) is 116 Å². The van der Waals surface area contributed by atoms with Gasteiger partial charge in [0.1, 0.15) is 6.10 Å². The molecular weight excluding hydrogens is 494 g/mol. The van der Waals surface area contributed by atoms with E-state index in [1.54, 1.807) is 12.1 Å². The molecule has 4 aromatic rings. The smallest absolute Gasteiger partial charge is 0.336 e. The Labute approximate surface area is 226 Å².